The molecule has 1 heterocycles. The van der Waals surface area contributed by atoms with Crippen LogP contribution in [0.1, 0.15) is 36.0 Å². The van der Waals surface area contributed by atoms with Gasteiger partial charge in [0.25, 0.3) is 12.4 Å². The minimum absolute atomic E-state index is 0.000347. The summed E-state index contributed by atoms with van der Waals surface area (Å²) >= 11 is 12.2. The first kappa shape index (κ1) is 23.5. The fourth-order valence-corrected chi connectivity index (χ4v) is 4.70. The molecule has 1 saturated carbocycles. The molecule has 1 aliphatic rings. The molecule has 1 amide bonds. The fraction of sp³-hybridized carbons (Fsp3) is 0.360. The Morgan fingerprint density at radius 2 is 1.82 bits per heavy atom. The second-order valence-corrected chi connectivity index (χ2v) is 9.16. The van der Waals surface area contributed by atoms with Crippen LogP contribution >= 0.6 is 23.2 Å². The third kappa shape index (κ3) is 6.01. The standard InChI is InChI=1S/C25H26Cl2N2O4/c26-19-3-7-21(8-4-19)32-12-11-29-10-9-18-13-20(27)14-23(24(18)29)25(31)28-15-17-1-5-22(6-2-17)33-16-30/h3-4,7-10,13-14,16-17,22H,1-2,5-6,11-12,15H2,(H,28,31). The van der Waals surface area contributed by atoms with Crippen LogP contribution in [0, 0.1) is 5.92 Å². The van der Waals surface area contributed by atoms with Gasteiger partial charge in [-0.2, -0.15) is 0 Å². The van der Waals surface area contributed by atoms with Gasteiger partial charge < -0.3 is 19.4 Å². The molecule has 1 fully saturated rings. The molecule has 1 N–H and O–H groups in total. The van der Waals surface area contributed by atoms with Crippen molar-refractivity contribution in [1.29, 1.82) is 0 Å². The van der Waals surface area contributed by atoms with Gasteiger partial charge in [0.2, 0.25) is 0 Å². The van der Waals surface area contributed by atoms with Crippen LogP contribution < -0.4 is 10.1 Å². The fourth-order valence-electron chi connectivity index (χ4n) is 4.35. The molecular weight excluding hydrogens is 463 g/mol. The van der Waals surface area contributed by atoms with Crippen LogP contribution in [0.25, 0.3) is 10.9 Å². The molecule has 2 aromatic carbocycles. The van der Waals surface area contributed by atoms with E-state index in [2.05, 4.69) is 5.32 Å². The molecule has 174 valence electrons. The predicted molar refractivity (Wildman–Crippen MR) is 129 cm³/mol. The van der Waals surface area contributed by atoms with Crippen molar-refractivity contribution in [1.82, 2.24) is 9.88 Å². The lowest BCUT2D eigenvalue weighted by Crippen LogP contribution is -2.33. The first-order valence-electron chi connectivity index (χ1n) is 11.1. The molecule has 0 saturated heterocycles. The van der Waals surface area contributed by atoms with Crippen LogP contribution in [0.3, 0.4) is 0 Å². The van der Waals surface area contributed by atoms with Crippen LogP contribution in [0.15, 0.2) is 48.7 Å². The van der Waals surface area contributed by atoms with E-state index in [1.807, 2.05) is 35.0 Å². The Kier molecular flexibility index (Phi) is 7.78. The summed E-state index contributed by atoms with van der Waals surface area (Å²) in [7, 11) is 0. The van der Waals surface area contributed by atoms with Crippen molar-refractivity contribution in [3.05, 3.63) is 64.3 Å². The zero-order chi connectivity index (χ0) is 23.2. The summed E-state index contributed by atoms with van der Waals surface area (Å²) in [4.78, 5) is 23.6. The van der Waals surface area contributed by atoms with E-state index in [9.17, 15) is 9.59 Å². The Labute approximate surface area is 202 Å². The number of halogens is 2. The van der Waals surface area contributed by atoms with Crippen molar-refractivity contribution >= 4 is 46.5 Å². The lowest BCUT2D eigenvalue weighted by molar-refractivity contribution is -0.135. The van der Waals surface area contributed by atoms with Crippen molar-refractivity contribution in [2.75, 3.05) is 13.2 Å². The molecule has 4 rings (SSSR count). The molecule has 3 aromatic rings. The van der Waals surface area contributed by atoms with Crippen LogP contribution in [-0.4, -0.2) is 36.2 Å². The van der Waals surface area contributed by atoms with Crippen LogP contribution in [-0.2, 0) is 16.1 Å². The van der Waals surface area contributed by atoms with E-state index in [1.165, 1.54) is 0 Å². The Balaban J connectivity index is 1.41. The topological polar surface area (TPSA) is 69.6 Å². The van der Waals surface area contributed by atoms with Crippen molar-refractivity contribution in [3.8, 4) is 5.75 Å². The Morgan fingerprint density at radius 3 is 2.55 bits per heavy atom. The second-order valence-electron chi connectivity index (χ2n) is 8.29. The number of hydrogen-bond acceptors (Lipinski definition) is 4. The maximum absolute atomic E-state index is 13.1. The van der Waals surface area contributed by atoms with Gasteiger partial charge in [-0.1, -0.05) is 23.2 Å². The average Bonchev–Trinajstić information content (AvgIpc) is 3.22. The van der Waals surface area contributed by atoms with Gasteiger partial charge in [0, 0.05) is 28.2 Å². The van der Waals surface area contributed by atoms with E-state index in [1.54, 1.807) is 18.2 Å². The summed E-state index contributed by atoms with van der Waals surface area (Å²) in [6.45, 7) is 2.13. The number of nitrogens with zero attached hydrogens (tertiary/aromatic N) is 1. The van der Waals surface area contributed by atoms with Gasteiger partial charge in [-0.05, 0) is 74.1 Å². The smallest absolute Gasteiger partial charge is 0.293 e. The third-order valence-electron chi connectivity index (χ3n) is 6.08. The van der Waals surface area contributed by atoms with Crippen LogP contribution in [0.5, 0.6) is 5.75 Å². The molecule has 1 aliphatic carbocycles. The number of benzene rings is 2. The third-order valence-corrected chi connectivity index (χ3v) is 6.55. The van der Waals surface area contributed by atoms with Gasteiger partial charge in [-0.15, -0.1) is 0 Å². The highest BCUT2D eigenvalue weighted by Gasteiger charge is 2.23. The molecule has 0 spiro atoms. The van der Waals surface area contributed by atoms with Crippen LogP contribution in [0.4, 0.5) is 0 Å². The van der Waals surface area contributed by atoms with Gasteiger partial charge in [0.05, 0.1) is 17.6 Å². The summed E-state index contributed by atoms with van der Waals surface area (Å²) < 4.78 is 12.9. The van der Waals surface area contributed by atoms with E-state index < -0.39 is 0 Å². The first-order valence-corrected chi connectivity index (χ1v) is 11.8. The quantitative estimate of drug-likeness (QED) is 0.404. The van der Waals surface area contributed by atoms with E-state index >= 15 is 0 Å². The minimum Gasteiger partial charge on any atom is -0.492 e. The molecule has 1 aromatic heterocycles. The minimum atomic E-state index is -0.146. The van der Waals surface area contributed by atoms with E-state index in [0.717, 1.165) is 42.3 Å². The van der Waals surface area contributed by atoms with E-state index in [4.69, 9.17) is 32.7 Å². The summed E-state index contributed by atoms with van der Waals surface area (Å²) in [5, 5.41) is 5.17. The van der Waals surface area contributed by atoms with Crippen molar-refractivity contribution in [2.24, 2.45) is 5.92 Å². The summed E-state index contributed by atoms with van der Waals surface area (Å²) in [5.74, 6) is 0.965. The monoisotopic (exact) mass is 488 g/mol. The normalized spacial score (nSPS) is 18.1. The SMILES string of the molecule is O=COC1CCC(CNC(=O)c2cc(Cl)cc3ccn(CCOc4ccc(Cl)cc4)c23)CC1. The Bertz CT molecular complexity index is 1110. The number of fused-ring (bicyclic) bond motifs is 1. The first-order chi connectivity index (χ1) is 16.0. The number of amides is 1. The number of carbonyl (C=O) groups excluding carboxylic acids is 2. The highest BCUT2D eigenvalue weighted by molar-refractivity contribution is 6.32. The largest absolute Gasteiger partial charge is 0.492 e. The van der Waals surface area contributed by atoms with Crippen molar-refractivity contribution in [3.63, 3.8) is 0 Å². The predicted octanol–water partition coefficient (Wildman–Crippen LogP) is 5.49. The second kappa shape index (κ2) is 10.9. The lowest BCUT2D eigenvalue weighted by Gasteiger charge is -2.27. The van der Waals surface area contributed by atoms with Gasteiger partial charge in [0.1, 0.15) is 18.5 Å². The lowest BCUT2D eigenvalue weighted by atomic mass is 9.87. The van der Waals surface area contributed by atoms with Gasteiger partial charge in [0.15, 0.2) is 0 Å². The number of aromatic nitrogens is 1. The summed E-state index contributed by atoms with van der Waals surface area (Å²) in [6.07, 6.45) is 5.44. The maximum atomic E-state index is 13.1. The number of hydrogen-bond donors (Lipinski definition) is 1. The average molecular weight is 489 g/mol. The van der Waals surface area contributed by atoms with Crippen LogP contribution in [0.2, 0.25) is 10.0 Å². The molecule has 0 atom stereocenters. The summed E-state index contributed by atoms with van der Waals surface area (Å²) in [5.41, 5.74) is 1.38. The molecule has 6 nitrogen and oxygen atoms in total. The number of carbonyl (C=O) groups is 2. The zero-order valence-corrected chi connectivity index (χ0v) is 19.6. The Hall–Kier alpha value is -2.70. The zero-order valence-electron chi connectivity index (χ0n) is 18.1. The number of rotatable bonds is 9. The highest BCUT2D eigenvalue weighted by Crippen LogP contribution is 2.27. The molecule has 0 unspecified atom stereocenters. The summed E-state index contributed by atoms with van der Waals surface area (Å²) in [6, 6.07) is 12.8. The van der Waals surface area contributed by atoms with Gasteiger partial charge >= 0.3 is 0 Å². The molecule has 33 heavy (non-hydrogen) atoms. The van der Waals surface area contributed by atoms with Crippen molar-refractivity contribution < 1.29 is 19.1 Å². The number of nitrogens with one attached hydrogen (secondary N) is 1. The van der Waals surface area contributed by atoms with E-state index in [-0.39, 0.29) is 12.0 Å². The number of ether oxygens (including phenoxy) is 2. The molecular formula is C25H26Cl2N2O4. The van der Waals surface area contributed by atoms with E-state index in [0.29, 0.717) is 47.7 Å². The molecule has 0 aliphatic heterocycles. The Morgan fingerprint density at radius 1 is 1.06 bits per heavy atom. The van der Waals surface area contributed by atoms with Crippen molar-refractivity contribution in [2.45, 2.75) is 38.3 Å². The molecule has 8 heteroatoms. The molecule has 0 radical (unpaired) electrons. The van der Waals surface area contributed by atoms with Gasteiger partial charge in [-0.25, -0.2) is 0 Å². The highest BCUT2D eigenvalue weighted by atomic mass is 35.5. The van der Waals surface area contributed by atoms with Gasteiger partial charge in [-0.3, -0.25) is 9.59 Å². The molecule has 0 bridgehead atoms. The maximum Gasteiger partial charge on any atom is 0.293 e.